The Morgan fingerprint density at radius 1 is 1.17 bits per heavy atom. The van der Waals surface area contributed by atoms with Crippen LogP contribution in [0.15, 0.2) is 18.2 Å². The number of benzene rings is 1. The Bertz CT molecular complexity index is 637. The summed E-state index contributed by atoms with van der Waals surface area (Å²) in [5.74, 6) is 0.534. The van der Waals surface area contributed by atoms with Crippen molar-refractivity contribution in [2.24, 2.45) is 0 Å². The van der Waals surface area contributed by atoms with Crippen LogP contribution in [0.5, 0.6) is 0 Å². The van der Waals surface area contributed by atoms with E-state index in [0.717, 1.165) is 19.6 Å². The molecule has 2 saturated heterocycles. The van der Waals surface area contributed by atoms with Crippen LogP contribution in [0.1, 0.15) is 12.5 Å². The quantitative estimate of drug-likeness (QED) is 0.866. The van der Waals surface area contributed by atoms with Gasteiger partial charge in [-0.05, 0) is 37.6 Å². The van der Waals surface area contributed by atoms with Gasteiger partial charge in [0, 0.05) is 50.1 Å². The second-order valence-electron chi connectivity index (χ2n) is 6.36. The highest BCUT2D eigenvalue weighted by Crippen LogP contribution is 2.28. The molecule has 0 saturated carbocycles. The zero-order valence-electron chi connectivity index (χ0n) is 13.8. The van der Waals surface area contributed by atoms with Crippen molar-refractivity contribution in [2.75, 3.05) is 54.0 Å². The van der Waals surface area contributed by atoms with E-state index in [1.165, 1.54) is 16.9 Å². The maximum absolute atomic E-state index is 11.6. The first-order chi connectivity index (χ1) is 10.5. The second-order valence-corrected chi connectivity index (χ2v) is 8.66. The Kier molecular flexibility index (Phi) is 5.81. The lowest BCUT2D eigenvalue weighted by Gasteiger charge is -2.37. The summed E-state index contributed by atoms with van der Waals surface area (Å²) in [6.07, 6.45) is 0. The monoisotopic (exact) mass is 359 g/mol. The zero-order valence-corrected chi connectivity index (χ0v) is 15.4. The lowest BCUT2D eigenvalue weighted by atomic mass is 10.1. The maximum Gasteiger partial charge on any atom is 0.153 e. The molecule has 0 amide bonds. The molecule has 3 rings (SSSR count). The van der Waals surface area contributed by atoms with Crippen molar-refractivity contribution in [2.45, 2.75) is 19.9 Å². The van der Waals surface area contributed by atoms with Crippen molar-refractivity contribution in [1.29, 1.82) is 0 Å². The highest BCUT2D eigenvalue weighted by molar-refractivity contribution is 7.91. The summed E-state index contributed by atoms with van der Waals surface area (Å²) in [5, 5.41) is 3.41. The van der Waals surface area contributed by atoms with E-state index in [1.807, 2.05) is 0 Å². The third-order valence-electron chi connectivity index (χ3n) is 4.70. The average Bonchev–Trinajstić information content (AvgIpc) is 2.48. The molecule has 1 atom stereocenters. The van der Waals surface area contributed by atoms with Crippen LogP contribution in [0.4, 0.5) is 11.4 Å². The van der Waals surface area contributed by atoms with E-state index in [-0.39, 0.29) is 23.9 Å². The minimum Gasteiger partial charge on any atom is -0.369 e. The topological polar surface area (TPSA) is 52.6 Å². The van der Waals surface area contributed by atoms with Gasteiger partial charge in [-0.2, -0.15) is 0 Å². The van der Waals surface area contributed by atoms with Crippen LogP contribution in [0, 0.1) is 6.92 Å². The number of halogens is 1. The Balaban J connectivity index is 0.00000192. The second kappa shape index (κ2) is 7.28. The first-order valence-corrected chi connectivity index (χ1v) is 9.82. The minimum atomic E-state index is -2.83. The highest BCUT2D eigenvalue weighted by atomic mass is 35.5. The summed E-state index contributed by atoms with van der Waals surface area (Å²) >= 11 is 0. The number of sulfone groups is 1. The van der Waals surface area contributed by atoms with E-state index in [0.29, 0.717) is 19.1 Å². The summed E-state index contributed by atoms with van der Waals surface area (Å²) in [6, 6.07) is 7.06. The lowest BCUT2D eigenvalue weighted by molar-refractivity contribution is 0.501. The fraction of sp³-hybridized carbons (Fsp3) is 0.625. The van der Waals surface area contributed by atoms with Crippen molar-refractivity contribution >= 4 is 33.6 Å². The molecular weight excluding hydrogens is 334 g/mol. The van der Waals surface area contributed by atoms with Gasteiger partial charge in [-0.3, -0.25) is 0 Å². The molecule has 0 aromatic heterocycles. The van der Waals surface area contributed by atoms with Gasteiger partial charge in [-0.15, -0.1) is 12.4 Å². The van der Waals surface area contributed by atoms with E-state index in [2.05, 4.69) is 47.2 Å². The van der Waals surface area contributed by atoms with Crippen LogP contribution >= 0.6 is 12.4 Å². The normalized spacial score (nSPS) is 24.2. The Hall–Kier alpha value is -0.980. The number of nitrogens with zero attached hydrogens (tertiary/aromatic N) is 2. The molecule has 7 heteroatoms. The minimum absolute atomic E-state index is 0. The lowest BCUT2D eigenvalue weighted by Crippen LogP contribution is -2.50. The summed E-state index contributed by atoms with van der Waals surface area (Å²) in [6.45, 7) is 8.64. The summed E-state index contributed by atoms with van der Waals surface area (Å²) in [7, 11) is -2.83. The summed E-state index contributed by atoms with van der Waals surface area (Å²) in [5.41, 5.74) is 3.66. The molecule has 0 spiro atoms. The number of hydrogen-bond donors (Lipinski definition) is 1. The van der Waals surface area contributed by atoms with Crippen molar-refractivity contribution < 1.29 is 8.42 Å². The van der Waals surface area contributed by atoms with Gasteiger partial charge in [0.15, 0.2) is 9.84 Å². The van der Waals surface area contributed by atoms with Crippen molar-refractivity contribution in [1.82, 2.24) is 5.32 Å². The van der Waals surface area contributed by atoms with Gasteiger partial charge in [0.25, 0.3) is 0 Å². The van der Waals surface area contributed by atoms with Crippen LogP contribution < -0.4 is 15.1 Å². The van der Waals surface area contributed by atoms with Crippen LogP contribution in [0.25, 0.3) is 0 Å². The molecule has 23 heavy (non-hydrogen) atoms. The van der Waals surface area contributed by atoms with Crippen molar-refractivity contribution in [3.05, 3.63) is 23.8 Å². The van der Waals surface area contributed by atoms with Gasteiger partial charge in [-0.25, -0.2) is 8.42 Å². The molecule has 1 aromatic rings. The number of anilines is 2. The molecule has 2 aliphatic heterocycles. The standard InChI is InChI=1S/C16H25N3O2S.ClH/c1-13-11-15(19-6-5-17-12-14(19)2)3-4-16(13)18-7-9-22(20,21)10-8-18;/h3-4,11,14,17H,5-10,12H2,1-2H3;1H/t14-;/m1./s1. The number of piperazine rings is 1. The van der Waals surface area contributed by atoms with Crippen molar-refractivity contribution in [3.63, 3.8) is 0 Å². The van der Waals surface area contributed by atoms with Gasteiger partial charge in [-0.1, -0.05) is 0 Å². The van der Waals surface area contributed by atoms with Gasteiger partial charge in [0.1, 0.15) is 0 Å². The highest BCUT2D eigenvalue weighted by Gasteiger charge is 2.23. The predicted octanol–water partition coefficient (Wildman–Crippen LogP) is 1.45. The molecule has 1 aromatic carbocycles. The first kappa shape index (κ1) is 18.4. The van der Waals surface area contributed by atoms with Crippen LogP contribution in [-0.4, -0.2) is 58.7 Å². The number of nitrogens with one attached hydrogen (secondary N) is 1. The summed E-state index contributed by atoms with van der Waals surface area (Å²) in [4.78, 5) is 4.63. The average molecular weight is 360 g/mol. The third kappa shape index (κ3) is 4.11. The molecule has 2 aliphatic rings. The SMILES string of the molecule is Cc1cc(N2CCNC[C@H]2C)ccc1N1CCS(=O)(=O)CC1.Cl. The van der Waals surface area contributed by atoms with E-state index in [4.69, 9.17) is 0 Å². The van der Waals surface area contributed by atoms with Crippen LogP contribution in [0.2, 0.25) is 0 Å². The molecule has 1 N–H and O–H groups in total. The number of rotatable bonds is 2. The van der Waals surface area contributed by atoms with Gasteiger partial charge < -0.3 is 15.1 Å². The fourth-order valence-corrected chi connectivity index (χ4v) is 4.55. The molecule has 5 nitrogen and oxygen atoms in total. The third-order valence-corrected chi connectivity index (χ3v) is 6.31. The van der Waals surface area contributed by atoms with E-state index in [1.54, 1.807) is 0 Å². The van der Waals surface area contributed by atoms with Gasteiger partial charge in [0.05, 0.1) is 11.5 Å². The van der Waals surface area contributed by atoms with E-state index < -0.39 is 9.84 Å². The molecule has 0 bridgehead atoms. The smallest absolute Gasteiger partial charge is 0.153 e. The van der Waals surface area contributed by atoms with Crippen LogP contribution in [0.3, 0.4) is 0 Å². The molecule has 2 fully saturated rings. The Morgan fingerprint density at radius 3 is 2.48 bits per heavy atom. The van der Waals surface area contributed by atoms with Gasteiger partial charge >= 0.3 is 0 Å². The molecule has 0 aliphatic carbocycles. The molecule has 130 valence electrons. The molecule has 0 unspecified atom stereocenters. The first-order valence-electron chi connectivity index (χ1n) is 8.00. The molecule has 0 radical (unpaired) electrons. The Labute approximate surface area is 145 Å². The zero-order chi connectivity index (χ0) is 15.7. The van der Waals surface area contributed by atoms with Crippen LogP contribution in [-0.2, 0) is 9.84 Å². The maximum atomic E-state index is 11.6. The van der Waals surface area contributed by atoms with E-state index >= 15 is 0 Å². The Morgan fingerprint density at radius 2 is 1.87 bits per heavy atom. The molecule has 2 heterocycles. The number of hydrogen-bond acceptors (Lipinski definition) is 5. The van der Waals surface area contributed by atoms with Gasteiger partial charge in [0.2, 0.25) is 0 Å². The molecular formula is C16H26ClN3O2S. The van der Waals surface area contributed by atoms with Crippen molar-refractivity contribution in [3.8, 4) is 0 Å². The fourth-order valence-electron chi connectivity index (χ4n) is 3.35. The number of aryl methyl sites for hydroxylation is 1. The summed E-state index contributed by atoms with van der Waals surface area (Å²) < 4.78 is 23.1. The van der Waals surface area contributed by atoms with E-state index in [9.17, 15) is 8.42 Å². The largest absolute Gasteiger partial charge is 0.369 e. The predicted molar refractivity (Wildman–Crippen MR) is 99.0 cm³/mol.